The molecule has 1 aliphatic rings. The number of carbonyl (C=O) groups is 1. The van der Waals surface area contributed by atoms with E-state index in [-0.39, 0.29) is 19.6 Å². The van der Waals surface area contributed by atoms with Crippen LogP contribution in [0.1, 0.15) is 213 Å². The van der Waals surface area contributed by atoms with Crippen molar-refractivity contribution in [3.63, 3.8) is 0 Å². The first-order valence-corrected chi connectivity index (χ1v) is 26.0. The van der Waals surface area contributed by atoms with E-state index in [0.29, 0.717) is 13.0 Å². The van der Waals surface area contributed by atoms with Crippen LogP contribution in [0, 0.1) is 0 Å². The van der Waals surface area contributed by atoms with Gasteiger partial charge in [-0.25, -0.2) is 4.18 Å². The van der Waals surface area contributed by atoms with Gasteiger partial charge in [-0.2, -0.15) is 8.42 Å². The van der Waals surface area contributed by atoms with E-state index in [9.17, 15) is 33.1 Å². The van der Waals surface area contributed by atoms with Gasteiger partial charge in [-0.05, 0) is 44.9 Å². The van der Waals surface area contributed by atoms with E-state index in [1.807, 2.05) is 0 Å². The van der Waals surface area contributed by atoms with Crippen molar-refractivity contribution < 1.29 is 56.2 Å². The van der Waals surface area contributed by atoms with Crippen LogP contribution < -0.4 is 0 Å². The van der Waals surface area contributed by atoms with Crippen LogP contribution >= 0.6 is 0 Å². The van der Waals surface area contributed by atoms with Crippen molar-refractivity contribution >= 4 is 16.4 Å². The second-order valence-electron chi connectivity index (χ2n) is 17.1. The largest absolute Gasteiger partial charge is 0.457 e. The van der Waals surface area contributed by atoms with E-state index in [1.54, 1.807) is 0 Å². The summed E-state index contributed by atoms with van der Waals surface area (Å²) in [5, 5.41) is 30.7. The molecule has 12 nitrogen and oxygen atoms in total. The van der Waals surface area contributed by atoms with Crippen LogP contribution in [-0.2, 0) is 38.3 Å². The number of rotatable bonds is 43. The van der Waals surface area contributed by atoms with Crippen molar-refractivity contribution in [1.82, 2.24) is 0 Å². The highest BCUT2D eigenvalue weighted by Gasteiger charge is 2.48. The molecule has 4 N–H and O–H groups in total. The van der Waals surface area contributed by atoms with Gasteiger partial charge in [-0.3, -0.25) is 9.35 Å². The Morgan fingerprint density at radius 2 is 1.08 bits per heavy atom. The lowest BCUT2D eigenvalue weighted by Gasteiger charge is -2.41. The van der Waals surface area contributed by atoms with Crippen molar-refractivity contribution in [2.45, 2.75) is 250 Å². The molecule has 1 aliphatic heterocycles. The summed E-state index contributed by atoms with van der Waals surface area (Å²) >= 11 is 0. The number of allylic oxidation sites excluding steroid dienone is 4. The highest BCUT2D eigenvalue weighted by molar-refractivity contribution is 7.80. The zero-order valence-corrected chi connectivity index (χ0v) is 39.3. The Bertz CT molecular complexity index is 1170. The molecule has 0 spiro atoms. The molecule has 1 rings (SSSR count). The highest BCUT2D eigenvalue weighted by atomic mass is 32.3. The van der Waals surface area contributed by atoms with Gasteiger partial charge in [0.25, 0.3) is 0 Å². The molecule has 61 heavy (non-hydrogen) atoms. The summed E-state index contributed by atoms with van der Waals surface area (Å²) in [6.45, 7) is 3.99. The fourth-order valence-corrected chi connectivity index (χ4v) is 8.09. The minimum absolute atomic E-state index is 0.0371. The maximum atomic E-state index is 12.9. The molecule has 0 bridgehead atoms. The Morgan fingerprint density at radius 1 is 0.623 bits per heavy atom. The SMILES string of the molecule is CCCCC/C=C\C/C=C\CCCCCCCCCC(=O)OC(COCCCCCCCCCCCCCCCCCCC)COC1OC(CO)C(O)C(OS(=O)(=O)O)C1O. The predicted octanol–water partition coefficient (Wildman–Crippen LogP) is 10.8. The third kappa shape index (κ3) is 33.7. The monoisotopic (exact) mass is 891 g/mol. The van der Waals surface area contributed by atoms with E-state index in [2.05, 4.69) is 42.3 Å². The van der Waals surface area contributed by atoms with Crippen LogP contribution in [0.3, 0.4) is 0 Å². The van der Waals surface area contributed by atoms with E-state index < -0.39 is 59.8 Å². The Morgan fingerprint density at radius 3 is 1.59 bits per heavy atom. The molecule has 0 aliphatic carbocycles. The average Bonchev–Trinajstić information content (AvgIpc) is 3.23. The minimum Gasteiger partial charge on any atom is -0.457 e. The van der Waals surface area contributed by atoms with Gasteiger partial charge in [0.15, 0.2) is 6.29 Å². The summed E-state index contributed by atoms with van der Waals surface area (Å²) in [5.41, 5.74) is 0. The molecule has 0 aromatic heterocycles. The predicted molar refractivity (Wildman–Crippen MR) is 244 cm³/mol. The summed E-state index contributed by atoms with van der Waals surface area (Å²) in [6.07, 6.45) is 36.3. The normalized spacial score (nSPS) is 20.3. The van der Waals surface area contributed by atoms with Crippen LogP contribution in [0.25, 0.3) is 0 Å². The fourth-order valence-electron chi connectivity index (χ4n) is 7.59. The lowest BCUT2D eigenvalue weighted by atomic mass is 9.99. The van der Waals surface area contributed by atoms with E-state index >= 15 is 0 Å². The van der Waals surface area contributed by atoms with Gasteiger partial charge in [0, 0.05) is 13.0 Å². The van der Waals surface area contributed by atoms with Gasteiger partial charge >= 0.3 is 16.4 Å². The Kier molecular flexibility index (Phi) is 37.9. The third-order valence-corrected chi connectivity index (χ3v) is 11.8. The van der Waals surface area contributed by atoms with E-state index in [0.717, 1.165) is 51.4 Å². The number of aliphatic hydroxyl groups is 3. The second-order valence-corrected chi connectivity index (χ2v) is 18.1. The zero-order chi connectivity index (χ0) is 44.7. The number of ether oxygens (including phenoxy) is 4. The molecule has 1 fully saturated rings. The lowest BCUT2D eigenvalue weighted by molar-refractivity contribution is -0.301. The molecule has 1 saturated heterocycles. The number of hydrogen-bond acceptors (Lipinski definition) is 11. The van der Waals surface area contributed by atoms with Gasteiger partial charge in [0.05, 0.1) is 19.8 Å². The standard InChI is InChI=1S/C48H90O12S/c1-3-5-7-9-11-13-15-17-19-21-23-25-27-29-31-33-35-37-44(50)58-42(41-57-48-46(52)47(60-61(53,54)55)45(51)43(39-49)59-48)40-56-38-36-34-32-30-28-26-24-22-20-18-16-14-12-10-8-6-4-2/h11,13,17,19,42-43,45-49,51-52H,3-10,12,14-16,18,20-41H2,1-2H3,(H,53,54,55)/b13-11-,19-17-. The summed E-state index contributed by atoms with van der Waals surface area (Å²) in [4.78, 5) is 12.9. The molecule has 0 aromatic carbocycles. The smallest absolute Gasteiger partial charge is 0.397 e. The molecule has 6 unspecified atom stereocenters. The molecule has 0 aromatic rings. The number of aliphatic hydroxyl groups excluding tert-OH is 3. The summed E-state index contributed by atoms with van der Waals surface area (Å²) in [7, 11) is -5.06. The molecule has 1 heterocycles. The van der Waals surface area contributed by atoms with Crippen LogP contribution in [0.4, 0.5) is 0 Å². The maximum absolute atomic E-state index is 12.9. The third-order valence-electron chi connectivity index (χ3n) is 11.3. The second kappa shape index (κ2) is 40.1. The van der Waals surface area contributed by atoms with Crippen LogP contribution in [0.15, 0.2) is 24.3 Å². The van der Waals surface area contributed by atoms with Gasteiger partial charge < -0.3 is 34.3 Å². The number of carbonyl (C=O) groups excluding carboxylic acids is 1. The Labute approximate surface area is 371 Å². The minimum atomic E-state index is -5.06. The van der Waals surface area contributed by atoms with Gasteiger partial charge in [0.1, 0.15) is 30.5 Å². The van der Waals surface area contributed by atoms with Crippen molar-refractivity contribution in [1.29, 1.82) is 0 Å². The fraction of sp³-hybridized carbons (Fsp3) is 0.896. The van der Waals surface area contributed by atoms with Crippen molar-refractivity contribution in [3.05, 3.63) is 24.3 Å². The Hall–Kier alpha value is -1.42. The molecule has 0 saturated carbocycles. The van der Waals surface area contributed by atoms with Gasteiger partial charge in [-0.15, -0.1) is 0 Å². The number of hydrogen-bond donors (Lipinski definition) is 4. The summed E-state index contributed by atoms with van der Waals surface area (Å²) in [6, 6.07) is 0. The van der Waals surface area contributed by atoms with Crippen LogP contribution in [0.2, 0.25) is 0 Å². The topological polar surface area (TPSA) is 178 Å². The lowest BCUT2D eigenvalue weighted by Crippen LogP contribution is -2.60. The van der Waals surface area contributed by atoms with Crippen LogP contribution in [0.5, 0.6) is 0 Å². The molecule has 13 heteroatoms. The molecule has 0 radical (unpaired) electrons. The summed E-state index contributed by atoms with van der Waals surface area (Å²) < 4.78 is 59.2. The molecular formula is C48H90O12S. The molecule has 0 amide bonds. The number of esters is 1. The summed E-state index contributed by atoms with van der Waals surface area (Å²) in [5.74, 6) is -0.404. The first-order chi connectivity index (χ1) is 29.6. The van der Waals surface area contributed by atoms with Crippen LogP contribution in [-0.4, -0.2) is 97.5 Å². The first-order valence-electron chi connectivity index (χ1n) is 24.6. The van der Waals surface area contributed by atoms with E-state index in [4.69, 9.17) is 18.9 Å². The van der Waals surface area contributed by atoms with Crippen molar-refractivity contribution in [3.8, 4) is 0 Å². The molecule has 360 valence electrons. The first kappa shape index (κ1) is 57.6. The van der Waals surface area contributed by atoms with Crippen molar-refractivity contribution in [2.75, 3.05) is 26.4 Å². The quantitative estimate of drug-likeness (QED) is 0.0197. The number of unbranched alkanes of at least 4 members (excludes halogenated alkanes) is 26. The molecular weight excluding hydrogens is 801 g/mol. The molecule has 6 atom stereocenters. The zero-order valence-electron chi connectivity index (χ0n) is 38.5. The maximum Gasteiger partial charge on any atom is 0.397 e. The average molecular weight is 891 g/mol. The Balaban J connectivity index is 2.39. The van der Waals surface area contributed by atoms with Gasteiger partial charge in [-0.1, -0.05) is 186 Å². The van der Waals surface area contributed by atoms with E-state index in [1.165, 1.54) is 135 Å². The van der Waals surface area contributed by atoms with Crippen molar-refractivity contribution in [2.24, 2.45) is 0 Å². The highest BCUT2D eigenvalue weighted by Crippen LogP contribution is 2.26. The van der Waals surface area contributed by atoms with Gasteiger partial charge in [0.2, 0.25) is 0 Å².